The van der Waals surface area contributed by atoms with Crippen LogP contribution in [0.25, 0.3) is 0 Å². The summed E-state index contributed by atoms with van der Waals surface area (Å²) in [4.78, 5) is 24.6. The van der Waals surface area contributed by atoms with Crippen LogP contribution in [-0.4, -0.2) is 57.8 Å². The van der Waals surface area contributed by atoms with Crippen molar-refractivity contribution in [2.24, 2.45) is 0 Å². The van der Waals surface area contributed by atoms with Crippen molar-refractivity contribution in [1.82, 2.24) is 20.0 Å². The number of amides is 1. The van der Waals surface area contributed by atoms with Crippen molar-refractivity contribution >= 4 is 11.9 Å². The van der Waals surface area contributed by atoms with E-state index in [-0.39, 0.29) is 18.1 Å². The van der Waals surface area contributed by atoms with Gasteiger partial charge in [0.1, 0.15) is 12.2 Å². The highest BCUT2D eigenvalue weighted by molar-refractivity contribution is 5.92. The number of nitrogens with one attached hydrogen (secondary N) is 1. The third-order valence-corrected chi connectivity index (χ3v) is 3.00. The first-order valence-corrected chi connectivity index (χ1v) is 6.82. The molecule has 0 bridgehead atoms. The molecule has 0 aromatic carbocycles. The van der Waals surface area contributed by atoms with Gasteiger partial charge in [-0.05, 0) is 32.1 Å². The lowest BCUT2D eigenvalue weighted by Gasteiger charge is -2.17. The van der Waals surface area contributed by atoms with Gasteiger partial charge in [-0.2, -0.15) is 5.10 Å². The van der Waals surface area contributed by atoms with Crippen LogP contribution in [0.3, 0.4) is 0 Å². The molecule has 7 nitrogen and oxygen atoms in total. The molecule has 20 heavy (non-hydrogen) atoms. The molecule has 112 valence electrons. The van der Waals surface area contributed by atoms with E-state index in [1.165, 1.54) is 16.9 Å². The van der Waals surface area contributed by atoms with E-state index in [1.54, 1.807) is 0 Å². The number of hydrogen-bond acceptors (Lipinski definition) is 4. The quantitative estimate of drug-likeness (QED) is 0.641. The highest BCUT2D eigenvalue weighted by Crippen LogP contribution is 1.96. The van der Waals surface area contributed by atoms with E-state index in [9.17, 15) is 9.59 Å². The molecule has 0 spiro atoms. The molecular formula is C13H22N4O3. The highest BCUT2D eigenvalue weighted by atomic mass is 16.4. The van der Waals surface area contributed by atoms with Crippen LogP contribution in [0.5, 0.6) is 0 Å². The van der Waals surface area contributed by atoms with Gasteiger partial charge in [0.2, 0.25) is 0 Å². The van der Waals surface area contributed by atoms with Crippen LogP contribution in [0.15, 0.2) is 12.3 Å². The van der Waals surface area contributed by atoms with Crippen molar-refractivity contribution in [1.29, 1.82) is 0 Å². The first kappa shape index (κ1) is 16.2. The summed E-state index contributed by atoms with van der Waals surface area (Å²) in [7, 11) is 0. The second kappa shape index (κ2) is 8.31. The van der Waals surface area contributed by atoms with Gasteiger partial charge in [-0.15, -0.1) is 0 Å². The van der Waals surface area contributed by atoms with Gasteiger partial charge in [0, 0.05) is 12.7 Å². The molecule has 1 aromatic rings. The summed E-state index contributed by atoms with van der Waals surface area (Å²) in [5.41, 5.74) is 0.245. The zero-order valence-corrected chi connectivity index (χ0v) is 12.0. The Kier molecular flexibility index (Phi) is 6.72. The summed E-state index contributed by atoms with van der Waals surface area (Å²) in [6, 6.07) is 1.52. The van der Waals surface area contributed by atoms with E-state index < -0.39 is 5.97 Å². The van der Waals surface area contributed by atoms with Gasteiger partial charge < -0.3 is 15.3 Å². The Labute approximate surface area is 118 Å². The lowest BCUT2D eigenvalue weighted by molar-refractivity contribution is -0.137. The van der Waals surface area contributed by atoms with E-state index in [4.69, 9.17) is 5.11 Å². The second-order valence-corrected chi connectivity index (χ2v) is 4.43. The fourth-order valence-corrected chi connectivity index (χ4v) is 1.84. The minimum atomic E-state index is -0.987. The van der Waals surface area contributed by atoms with E-state index in [0.29, 0.717) is 6.54 Å². The predicted octanol–water partition coefficient (Wildman–Crippen LogP) is 0.429. The zero-order valence-electron chi connectivity index (χ0n) is 12.0. The van der Waals surface area contributed by atoms with Gasteiger partial charge in [0.05, 0.1) is 0 Å². The van der Waals surface area contributed by atoms with Gasteiger partial charge in [-0.1, -0.05) is 13.8 Å². The van der Waals surface area contributed by atoms with Crippen LogP contribution in [0.2, 0.25) is 0 Å². The van der Waals surface area contributed by atoms with E-state index >= 15 is 0 Å². The van der Waals surface area contributed by atoms with Crippen molar-refractivity contribution in [3.05, 3.63) is 18.0 Å². The average molecular weight is 282 g/mol. The van der Waals surface area contributed by atoms with E-state index in [1.807, 2.05) is 0 Å². The maximum atomic E-state index is 11.8. The lowest BCUT2D eigenvalue weighted by atomic mass is 10.3. The number of nitrogens with zero attached hydrogens (tertiary/aromatic N) is 3. The van der Waals surface area contributed by atoms with Crippen molar-refractivity contribution in [2.75, 3.05) is 26.2 Å². The van der Waals surface area contributed by atoms with Crippen LogP contribution in [0.1, 0.15) is 30.8 Å². The van der Waals surface area contributed by atoms with E-state index in [0.717, 1.165) is 26.1 Å². The molecule has 7 heteroatoms. The van der Waals surface area contributed by atoms with Crippen LogP contribution < -0.4 is 5.32 Å². The predicted molar refractivity (Wildman–Crippen MR) is 74.6 cm³/mol. The van der Waals surface area contributed by atoms with Crippen molar-refractivity contribution < 1.29 is 14.7 Å². The molecule has 0 saturated carbocycles. The molecule has 1 rings (SSSR count). The largest absolute Gasteiger partial charge is 0.480 e. The van der Waals surface area contributed by atoms with Gasteiger partial charge in [-0.25, -0.2) is 0 Å². The second-order valence-electron chi connectivity index (χ2n) is 4.43. The molecule has 1 heterocycles. The molecule has 1 aromatic heterocycles. The molecule has 2 N–H and O–H groups in total. The smallest absolute Gasteiger partial charge is 0.325 e. The number of aromatic nitrogens is 2. The number of hydrogen-bond donors (Lipinski definition) is 2. The monoisotopic (exact) mass is 282 g/mol. The number of rotatable bonds is 9. The maximum Gasteiger partial charge on any atom is 0.325 e. The summed E-state index contributed by atoms with van der Waals surface area (Å²) in [6.45, 7) is 7.51. The van der Waals surface area contributed by atoms with Crippen LogP contribution in [-0.2, 0) is 11.3 Å². The van der Waals surface area contributed by atoms with Crippen LogP contribution in [0, 0.1) is 0 Å². The average Bonchev–Trinajstić information content (AvgIpc) is 2.86. The van der Waals surface area contributed by atoms with Crippen molar-refractivity contribution in [3.8, 4) is 0 Å². The summed E-state index contributed by atoms with van der Waals surface area (Å²) in [6.07, 6.45) is 2.36. The first-order valence-electron chi connectivity index (χ1n) is 6.82. The van der Waals surface area contributed by atoms with E-state index in [2.05, 4.69) is 29.2 Å². The Morgan fingerprint density at radius 3 is 2.70 bits per heavy atom. The molecule has 1 amide bonds. The molecule has 0 aliphatic rings. The van der Waals surface area contributed by atoms with Gasteiger partial charge in [0.25, 0.3) is 5.91 Å². The lowest BCUT2D eigenvalue weighted by Crippen LogP contribution is -2.30. The fourth-order valence-electron chi connectivity index (χ4n) is 1.84. The Bertz CT molecular complexity index is 441. The highest BCUT2D eigenvalue weighted by Gasteiger charge is 2.10. The zero-order chi connectivity index (χ0) is 15.0. The summed E-state index contributed by atoms with van der Waals surface area (Å²) < 4.78 is 1.23. The van der Waals surface area contributed by atoms with Gasteiger partial charge in [-0.3, -0.25) is 14.3 Å². The normalized spacial score (nSPS) is 10.8. The number of carbonyl (C=O) groups excluding carboxylic acids is 1. The van der Waals surface area contributed by atoms with Crippen molar-refractivity contribution in [2.45, 2.75) is 26.8 Å². The number of carbonyl (C=O) groups is 2. The van der Waals surface area contributed by atoms with Gasteiger partial charge >= 0.3 is 5.97 Å². The summed E-state index contributed by atoms with van der Waals surface area (Å²) in [5, 5.41) is 15.3. The summed E-state index contributed by atoms with van der Waals surface area (Å²) in [5.74, 6) is -1.26. The SMILES string of the molecule is CCN(CC)CCCNC(=O)c1ccn(CC(=O)O)n1. The van der Waals surface area contributed by atoms with Crippen LogP contribution in [0.4, 0.5) is 0 Å². The molecule has 0 aliphatic carbocycles. The Balaban J connectivity index is 2.32. The first-order chi connectivity index (χ1) is 9.56. The van der Waals surface area contributed by atoms with Crippen molar-refractivity contribution in [3.63, 3.8) is 0 Å². The maximum absolute atomic E-state index is 11.8. The molecular weight excluding hydrogens is 260 g/mol. The topological polar surface area (TPSA) is 87.5 Å². The molecule has 0 atom stereocenters. The Hall–Kier alpha value is -1.89. The number of carboxylic acids is 1. The summed E-state index contributed by atoms with van der Waals surface area (Å²) >= 11 is 0. The molecule has 0 aliphatic heterocycles. The molecule has 0 radical (unpaired) electrons. The standard InChI is InChI=1S/C13H22N4O3/c1-3-16(4-2)8-5-7-14-13(20)11-6-9-17(15-11)10-12(18)19/h6,9H,3-5,7-8,10H2,1-2H3,(H,14,20)(H,18,19). The molecule has 0 fully saturated rings. The molecule has 0 saturated heterocycles. The van der Waals surface area contributed by atoms with Gasteiger partial charge in [0.15, 0.2) is 0 Å². The third-order valence-electron chi connectivity index (χ3n) is 3.00. The van der Waals surface area contributed by atoms with Crippen LogP contribution >= 0.6 is 0 Å². The fraction of sp³-hybridized carbons (Fsp3) is 0.615. The minimum absolute atomic E-state index is 0.241. The Morgan fingerprint density at radius 2 is 2.10 bits per heavy atom. The minimum Gasteiger partial charge on any atom is -0.480 e. The third kappa shape index (κ3) is 5.40. The number of carboxylic acid groups (broad SMARTS) is 1. The Morgan fingerprint density at radius 1 is 1.40 bits per heavy atom. The number of aliphatic carboxylic acids is 1. The molecule has 0 unspecified atom stereocenters.